The van der Waals surface area contributed by atoms with Crippen molar-refractivity contribution in [2.24, 2.45) is 5.92 Å². The Kier molecular flexibility index (Phi) is 4.08. The Morgan fingerprint density at radius 2 is 2.00 bits per heavy atom. The highest BCUT2D eigenvalue weighted by Gasteiger charge is 2.13. The molecule has 1 rings (SSSR count). The van der Waals surface area contributed by atoms with Crippen LogP contribution in [0.25, 0.3) is 0 Å². The fourth-order valence-corrected chi connectivity index (χ4v) is 1.84. The number of carbonyl (C=O) groups excluding carboxylic acids is 1. The molecule has 0 saturated heterocycles. The fraction of sp³-hybridized carbons (Fsp3) is 0.889. The molecule has 0 aromatic heterocycles. The average Bonchev–Trinajstić information content (AvgIpc) is 2.16. The molecule has 0 spiro atoms. The van der Waals surface area contributed by atoms with E-state index in [9.17, 15) is 4.79 Å². The monoisotopic (exact) mass is 171 g/mol. The summed E-state index contributed by atoms with van der Waals surface area (Å²) >= 11 is 0. The maximum atomic E-state index is 10.1. The third kappa shape index (κ3) is 3.22. The molecule has 0 bridgehead atoms. The molecule has 1 amide bonds. The van der Waals surface area contributed by atoms with E-state index in [4.69, 9.17) is 5.21 Å². The van der Waals surface area contributed by atoms with E-state index in [0.29, 0.717) is 13.0 Å². The van der Waals surface area contributed by atoms with Crippen LogP contribution in [0.4, 0.5) is 0 Å². The normalized spacial score (nSPS) is 19.1. The van der Waals surface area contributed by atoms with Gasteiger partial charge in [-0.3, -0.25) is 10.0 Å². The first-order valence-corrected chi connectivity index (χ1v) is 4.73. The Hall–Kier alpha value is -0.570. The van der Waals surface area contributed by atoms with Crippen molar-refractivity contribution < 1.29 is 10.0 Å². The van der Waals surface area contributed by atoms with Crippen molar-refractivity contribution in [1.82, 2.24) is 5.06 Å². The molecular formula is C9H17NO2. The van der Waals surface area contributed by atoms with Crippen molar-refractivity contribution in [3.63, 3.8) is 0 Å². The number of rotatable bonds is 4. The van der Waals surface area contributed by atoms with Gasteiger partial charge in [-0.15, -0.1) is 0 Å². The average molecular weight is 171 g/mol. The van der Waals surface area contributed by atoms with Crippen LogP contribution in [0.15, 0.2) is 0 Å². The molecule has 0 aromatic carbocycles. The maximum absolute atomic E-state index is 10.1. The predicted molar refractivity (Wildman–Crippen MR) is 45.7 cm³/mol. The van der Waals surface area contributed by atoms with Crippen LogP contribution in [0.1, 0.15) is 38.5 Å². The van der Waals surface area contributed by atoms with Crippen LogP contribution in [0, 0.1) is 5.92 Å². The van der Waals surface area contributed by atoms with Crippen LogP contribution in [0.2, 0.25) is 0 Å². The standard InChI is InChI=1S/C9H17NO2/c11-8-10(12)7-6-9-4-2-1-3-5-9/h8-9,12H,1-7H2. The van der Waals surface area contributed by atoms with Gasteiger partial charge in [0.25, 0.3) is 0 Å². The second-order valence-corrected chi connectivity index (χ2v) is 3.56. The highest BCUT2D eigenvalue weighted by molar-refractivity contribution is 5.44. The lowest BCUT2D eigenvalue weighted by molar-refractivity contribution is -0.150. The zero-order valence-electron chi connectivity index (χ0n) is 7.41. The Morgan fingerprint density at radius 3 is 2.58 bits per heavy atom. The van der Waals surface area contributed by atoms with Gasteiger partial charge in [0, 0.05) is 6.54 Å². The van der Waals surface area contributed by atoms with E-state index in [1.807, 2.05) is 0 Å². The number of amides is 1. The van der Waals surface area contributed by atoms with Crippen molar-refractivity contribution in [1.29, 1.82) is 0 Å². The van der Waals surface area contributed by atoms with E-state index in [2.05, 4.69) is 0 Å². The molecule has 0 heterocycles. The van der Waals surface area contributed by atoms with Crippen LogP contribution in [0.5, 0.6) is 0 Å². The van der Waals surface area contributed by atoms with Gasteiger partial charge in [-0.1, -0.05) is 32.1 Å². The second kappa shape index (κ2) is 5.14. The van der Waals surface area contributed by atoms with Crippen LogP contribution >= 0.6 is 0 Å². The Bertz CT molecular complexity index is 132. The quantitative estimate of drug-likeness (QED) is 0.398. The molecular weight excluding hydrogens is 154 g/mol. The number of hydrogen-bond acceptors (Lipinski definition) is 2. The molecule has 3 nitrogen and oxygen atoms in total. The molecule has 70 valence electrons. The minimum Gasteiger partial charge on any atom is -0.286 e. The molecule has 12 heavy (non-hydrogen) atoms. The second-order valence-electron chi connectivity index (χ2n) is 3.56. The van der Waals surface area contributed by atoms with Gasteiger partial charge in [0.2, 0.25) is 6.41 Å². The molecule has 1 aliphatic rings. The Morgan fingerprint density at radius 1 is 1.33 bits per heavy atom. The van der Waals surface area contributed by atoms with Crippen LogP contribution in [-0.4, -0.2) is 23.2 Å². The Balaban J connectivity index is 2.08. The lowest BCUT2D eigenvalue weighted by Gasteiger charge is -2.22. The van der Waals surface area contributed by atoms with Crippen LogP contribution < -0.4 is 0 Å². The largest absolute Gasteiger partial charge is 0.286 e. The number of hydroxylamine groups is 2. The van der Waals surface area contributed by atoms with E-state index in [1.54, 1.807) is 0 Å². The smallest absolute Gasteiger partial charge is 0.233 e. The minimum atomic E-state index is 0.475. The predicted octanol–water partition coefficient (Wildman–Crippen LogP) is 1.80. The zero-order valence-corrected chi connectivity index (χ0v) is 7.41. The SMILES string of the molecule is O=CN(O)CCC1CCCCC1. The summed E-state index contributed by atoms with van der Waals surface area (Å²) < 4.78 is 0. The van der Waals surface area contributed by atoms with Crippen molar-refractivity contribution in [2.45, 2.75) is 38.5 Å². The molecule has 1 aliphatic carbocycles. The van der Waals surface area contributed by atoms with E-state index < -0.39 is 0 Å². The summed E-state index contributed by atoms with van der Waals surface area (Å²) in [6, 6.07) is 0. The highest BCUT2D eigenvalue weighted by Crippen LogP contribution is 2.25. The van der Waals surface area contributed by atoms with Gasteiger partial charge in [-0.25, -0.2) is 5.06 Å². The summed E-state index contributed by atoms with van der Waals surface area (Å²) in [6.07, 6.45) is 7.96. The van der Waals surface area contributed by atoms with E-state index in [1.165, 1.54) is 32.1 Å². The topological polar surface area (TPSA) is 40.5 Å². The molecule has 0 radical (unpaired) electrons. The van der Waals surface area contributed by atoms with Crippen molar-refractivity contribution in [3.05, 3.63) is 0 Å². The molecule has 1 saturated carbocycles. The zero-order chi connectivity index (χ0) is 8.81. The van der Waals surface area contributed by atoms with Crippen molar-refractivity contribution >= 4 is 6.41 Å². The van der Waals surface area contributed by atoms with Gasteiger partial charge in [0.15, 0.2) is 0 Å². The maximum Gasteiger partial charge on any atom is 0.233 e. The first-order chi connectivity index (χ1) is 5.83. The van der Waals surface area contributed by atoms with Gasteiger partial charge < -0.3 is 0 Å². The van der Waals surface area contributed by atoms with Crippen LogP contribution in [-0.2, 0) is 4.79 Å². The molecule has 3 heteroatoms. The van der Waals surface area contributed by atoms with Crippen molar-refractivity contribution in [2.75, 3.05) is 6.54 Å². The summed E-state index contributed by atoms with van der Waals surface area (Å²) in [6.45, 7) is 0.494. The molecule has 1 fully saturated rings. The van der Waals surface area contributed by atoms with Gasteiger partial charge >= 0.3 is 0 Å². The highest BCUT2D eigenvalue weighted by atomic mass is 16.5. The summed E-state index contributed by atoms with van der Waals surface area (Å²) in [5, 5.41) is 9.60. The van der Waals surface area contributed by atoms with Crippen LogP contribution in [0.3, 0.4) is 0 Å². The number of nitrogens with zero attached hydrogens (tertiary/aromatic N) is 1. The van der Waals surface area contributed by atoms with Gasteiger partial charge in [-0.2, -0.15) is 0 Å². The third-order valence-corrected chi connectivity index (χ3v) is 2.61. The number of hydrogen-bond donors (Lipinski definition) is 1. The summed E-state index contributed by atoms with van der Waals surface area (Å²) in [5.41, 5.74) is 0. The first-order valence-electron chi connectivity index (χ1n) is 4.73. The summed E-state index contributed by atoms with van der Waals surface area (Å²) in [4.78, 5) is 10.1. The molecule has 0 atom stereocenters. The van der Waals surface area contributed by atoms with Gasteiger partial charge in [0.05, 0.1) is 0 Å². The van der Waals surface area contributed by atoms with E-state index in [0.717, 1.165) is 17.4 Å². The summed E-state index contributed by atoms with van der Waals surface area (Å²) in [5.74, 6) is 0.730. The van der Waals surface area contributed by atoms with E-state index in [-0.39, 0.29) is 0 Å². The van der Waals surface area contributed by atoms with Crippen molar-refractivity contribution in [3.8, 4) is 0 Å². The molecule has 0 unspecified atom stereocenters. The third-order valence-electron chi connectivity index (χ3n) is 2.61. The lowest BCUT2D eigenvalue weighted by Crippen LogP contribution is -2.21. The molecule has 0 aliphatic heterocycles. The summed E-state index contributed by atoms with van der Waals surface area (Å²) in [7, 11) is 0. The first kappa shape index (κ1) is 9.52. The molecule has 0 aromatic rings. The number of carbonyl (C=O) groups is 1. The fourth-order valence-electron chi connectivity index (χ4n) is 1.84. The van der Waals surface area contributed by atoms with Gasteiger partial charge in [0.1, 0.15) is 0 Å². The molecule has 1 N–H and O–H groups in total. The minimum absolute atomic E-state index is 0.475. The lowest BCUT2D eigenvalue weighted by atomic mass is 9.87. The van der Waals surface area contributed by atoms with E-state index >= 15 is 0 Å². The van der Waals surface area contributed by atoms with Gasteiger partial charge in [-0.05, 0) is 12.3 Å². The Labute approximate surface area is 73.3 Å².